The molecule has 0 atom stereocenters. The molecule has 5 aromatic carbocycles. The fraction of sp³-hybridized carbons (Fsp3) is 0.293. The quantitative estimate of drug-likeness (QED) is 0.107. The summed E-state index contributed by atoms with van der Waals surface area (Å²) in [5.41, 5.74) is 11.6. The molecule has 0 N–H and O–H groups in total. The Morgan fingerprint density at radius 1 is 0.818 bits per heavy atom. The van der Waals surface area contributed by atoms with Gasteiger partial charge in [-0.05, 0) is 94.7 Å². The van der Waals surface area contributed by atoms with Gasteiger partial charge in [0.1, 0.15) is 5.82 Å². The van der Waals surface area contributed by atoms with E-state index < -0.39 is 21.3 Å². The minimum atomic E-state index is -2.16. The van der Waals surface area contributed by atoms with E-state index in [9.17, 15) is 4.39 Å². The zero-order chi connectivity index (χ0) is 49.7. The molecule has 1 saturated carbocycles. The van der Waals surface area contributed by atoms with Crippen LogP contribution >= 0.6 is 0 Å². The topological polar surface area (TPSA) is 56.7 Å². The third-order valence-electron chi connectivity index (χ3n) is 12.6. The summed E-state index contributed by atoms with van der Waals surface area (Å²) in [5.74, 6) is 1.17. The van der Waals surface area contributed by atoms with Gasteiger partial charge in [0, 0.05) is 49.8 Å². The molecule has 0 unspecified atom stereocenters. The summed E-state index contributed by atoms with van der Waals surface area (Å²) in [6.07, 6.45) is 5.68. The van der Waals surface area contributed by atoms with Crippen LogP contribution in [-0.2, 0) is 26.5 Å². The predicted octanol–water partition coefficient (Wildman–Crippen LogP) is 15.4. The van der Waals surface area contributed by atoms with Crippen LogP contribution in [0.15, 0.2) is 126 Å². The summed E-state index contributed by atoms with van der Waals surface area (Å²) in [6.45, 7) is 13.4. The molecule has 1 aliphatic rings. The number of para-hydroxylation sites is 3. The SMILES string of the molecule is CC(C)c1cccc(C(C)C)c1-n1c(-c2[c-]ccc3c2oc2nc(-c4ccc(F)cc4)ccc23)nc2ccccc21.[2H]C([2H])([2H])c1c[c-]c(-c2cc(C([2H])([2H])C3CCCCC3)c([Si](C)(C)C)cn2)cc1.[Ir]. The largest absolute Gasteiger partial charge is 0.486 e. The molecule has 0 saturated heterocycles. The van der Waals surface area contributed by atoms with Crippen LogP contribution in [0.25, 0.3) is 72.7 Å². The summed E-state index contributed by atoms with van der Waals surface area (Å²) in [4.78, 5) is 14.6. The molecule has 1 radical (unpaired) electrons. The Morgan fingerprint density at radius 2 is 1.56 bits per heavy atom. The van der Waals surface area contributed by atoms with Crippen molar-refractivity contribution in [1.29, 1.82) is 0 Å². The van der Waals surface area contributed by atoms with E-state index in [4.69, 9.17) is 21.2 Å². The van der Waals surface area contributed by atoms with E-state index in [2.05, 4.69) is 105 Å². The summed E-state index contributed by atoms with van der Waals surface area (Å²) >= 11 is 0. The van der Waals surface area contributed by atoms with Crippen molar-refractivity contribution in [3.05, 3.63) is 162 Å². The number of hydrogen-bond acceptors (Lipinski definition) is 4. The second kappa shape index (κ2) is 19.7. The second-order valence-electron chi connectivity index (χ2n) is 18.9. The van der Waals surface area contributed by atoms with Crippen LogP contribution in [0, 0.1) is 30.7 Å². The number of aromatic nitrogens is 4. The maximum absolute atomic E-state index is 13.5. The van der Waals surface area contributed by atoms with Gasteiger partial charge in [0.2, 0.25) is 5.71 Å². The first-order valence-electron chi connectivity index (χ1n) is 25.5. The maximum atomic E-state index is 13.5. The summed E-state index contributed by atoms with van der Waals surface area (Å²) < 4.78 is 63.0. The summed E-state index contributed by atoms with van der Waals surface area (Å²) in [6, 6.07) is 42.3. The van der Waals surface area contributed by atoms with Crippen molar-refractivity contribution in [1.82, 2.24) is 19.5 Å². The van der Waals surface area contributed by atoms with Gasteiger partial charge in [-0.15, -0.1) is 53.6 Å². The first-order valence-corrected chi connectivity index (χ1v) is 26.5. The maximum Gasteiger partial charge on any atom is 0.216 e. The van der Waals surface area contributed by atoms with Crippen molar-refractivity contribution in [2.75, 3.05) is 0 Å². The number of fused-ring (bicyclic) bond motifs is 4. The molecular weight excluding hydrogens is 1010 g/mol. The summed E-state index contributed by atoms with van der Waals surface area (Å²) in [7, 11) is -1.80. The van der Waals surface area contributed by atoms with Crippen molar-refractivity contribution in [2.24, 2.45) is 5.92 Å². The van der Waals surface area contributed by atoms with E-state index in [1.807, 2.05) is 42.6 Å². The van der Waals surface area contributed by atoms with Crippen molar-refractivity contribution in [2.45, 2.75) is 105 Å². The number of halogens is 1. The molecule has 0 aliphatic heterocycles. The Balaban J connectivity index is 0.000000200. The van der Waals surface area contributed by atoms with Crippen LogP contribution in [0.5, 0.6) is 0 Å². The molecule has 8 heteroatoms. The molecule has 1 fully saturated rings. The number of rotatable bonds is 9. The Hall–Kier alpha value is -5.53. The Kier molecular flexibility index (Phi) is 12.2. The minimum absolute atomic E-state index is 0. The number of benzene rings is 5. The Morgan fingerprint density at radius 3 is 2.24 bits per heavy atom. The van der Waals surface area contributed by atoms with Crippen LogP contribution < -0.4 is 5.19 Å². The van der Waals surface area contributed by atoms with Gasteiger partial charge < -0.3 is 14.0 Å². The first-order chi connectivity index (χ1) is 33.3. The molecular formula is C58H59FIrN4OSi-2. The Bertz CT molecular complexity index is 3310. The van der Waals surface area contributed by atoms with Gasteiger partial charge in [-0.25, -0.2) is 9.37 Å². The molecule has 4 aromatic heterocycles. The van der Waals surface area contributed by atoms with E-state index >= 15 is 0 Å². The fourth-order valence-corrected chi connectivity index (χ4v) is 10.5. The molecule has 10 rings (SSSR count). The number of furan rings is 1. The van der Waals surface area contributed by atoms with Gasteiger partial charge in [0.25, 0.3) is 0 Å². The molecule has 5 nitrogen and oxygen atoms in total. The molecule has 339 valence electrons. The van der Waals surface area contributed by atoms with E-state index in [0.29, 0.717) is 34.4 Å². The average Bonchev–Trinajstić information content (AvgIpc) is 3.92. The molecule has 66 heavy (non-hydrogen) atoms. The average molecular weight is 1070 g/mol. The monoisotopic (exact) mass is 1070 g/mol. The second-order valence-corrected chi connectivity index (χ2v) is 24.0. The Labute approximate surface area is 411 Å². The van der Waals surface area contributed by atoms with Gasteiger partial charge in [-0.3, -0.25) is 4.98 Å². The van der Waals surface area contributed by atoms with Crippen molar-refractivity contribution in [3.8, 4) is 39.6 Å². The smallest absolute Gasteiger partial charge is 0.216 e. The van der Waals surface area contributed by atoms with Crippen LogP contribution in [0.1, 0.15) is 101 Å². The fourth-order valence-electron chi connectivity index (χ4n) is 9.13. The van der Waals surface area contributed by atoms with Crippen LogP contribution in [0.4, 0.5) is 4.39 Å². The van der Waals surface area contributed by atoms with Crippen LogP contribution in [-0.4, -0.2) is 27.6 Å². The third-order valence-corrected chi connectivity index (χ3v) is 14.6. The number of nitrogens with zero attached hydrogens (tertiary/aromatic N) is 4. The molecule has 1 aliphatic carbocycles. The van der Waals surface area contributed by atoms with Crippen LogP contribution in [0.3, 0.4) is 0 Å². The molecule has 0 bridgehead atoms. The molecule has 0 spiro atoms. The predicted molar refractivity (Wildman–Crippen MR) is 270 cm³/mol. The molecule has 9 aromatic rings. The van der Waals surface area contributed by atoms with E-state index in [1.165, 1.54) is 41.4 Å². The third kappa shape index (κ3) is 9.65. The van der Waals surface area contributed by atoms with E-state index in [1.54, 1.807) is 24.3 Å². The van der Waals surface area contributed by atoms with Crippen molar-refractivity contribution in [3.63, 3.8) is 0 Å². The van der Waals surface area contributed by atoms with Gasteiger partial charge >= 0.3 is 0 Å². The number of pyridine rings is 2. The summed E-state index contributed by atoms with van der Waals surface area (Å²) in [5, 5.41) is 2.93. The first kappa shape index (κ1) is 40.7. The van der Waals surface area contributed by atoms with Gasteiger partial charge in [-0.2, -0.15) is 0 Å². The molecule has 4 heterocycles. The van der Waals surface area contributed by atoms with E-state index in [-0.39, 0.29) is 37.4 Å². The number of hydrogen-bond donors (Lipinski definition) is 0. The zero-order valence-electron chi connectivity index (χ0n) is 43.7. The standard InChI is InChI=1S/C36H29FN3O.C22H30NSi.Ir/c1-21(2)25-9-7-10-26(22(3)4)33(25)40-32-14-6-5-13-31(32)38-35(40)29-12-8-11-27-28-19-20-30(39-36(28)41-34(27)29)23-15-17-24(37)18-16-23;1-17-10-12-19(13-11-17)21-15-20(14-18-8-6-5-7-9-18)22(16-23-21)24(2,3)4;/h5-11,13-22H,1-4H3;10-12,15-16,18H,5-9,14H2,1-4H3;/q2*-1;/i;1D3,14D2;. The minimum Gasteiger partial charge on any atom is -0.486 e. The normalized spacial score (nSPS) is 14.9. The van der Waals surface area contributed by atoms with Gasteiger partial charge in [0.15, 0.2) is 0 Å². The van der Waals surface area contributed by atoms with Gasteiger partial charge in [0.05, 0.1) is 36.2 Å². The van der Waals surface area contributed by atoms with E-state index in [0.717, 1.165) is 80.9 Å². The molecule has 0 amide bonds. The number of imidazole rings is 1. The number of aryl methyl sites for hydroxylation is 1. The van der Waals surface area contributed by atoms with Crippen LogP contribution in [0.2, 0.25) is 19.6 Å². The zero-order valence-corrected chi connectivity index (χ0v) is 42.1. The van der Waals surface area contributed by atoms with Gasteiger partial charge in [-0.1, -0.05) is 139 Å². The van der Waals surface area contributed by atoms with Crippen molar-refractivity contribution >= 4 is 46.4 Å². The van der Waals surface area contributed by atoms with Crippen molar-refractivity contribution < 1.29 is 35.8 Å².